The molecule has 0 saturated heterocycles. The van der Waals surface area contributed by atoms with Gasteiger partial charge in [-0.05, 0) is 18.8 Å². The Kier molecular flexibility index (Phi) is 2.96. The Morgan fingerprint density at radius 3 is 2.94 bits per heavy atom. The number of hydrogen-bond acceptors (Lipinski definition) is 3. The van der Waals surface area contributed by atoms with Gasteiger partial charge in [-0.2, -0.15) is 5.10 Å². The Morgan fingerprint density at radius 2 is 2.44 bits per heavy atom. The molecule has 1 amide bonds. The molecule has 1 unspecified atom stereocenters. The highest BCUT2D eigenvalue weighted by Crippen LogP contribution is 2.29. The van der Waals surface area contributed by atoms with Gasteiger partial charge in [0.25, 0.3) is 0 Å². The van der Waals surface area contributed by atoms with Crippen molar-refractivity contribution in [3.05, 3.63) is 18.0 Å². The maximum Gasteiger partial charge on any atom is 0.243 e. The molecule has 1 heterocycles. The Labute approximate surface area is 95.2 Å². The molecule has 2 N–H and O–H groups in total. The molecule has 1 aliphatic carbocycles. The zero-order chi connectivity index (χ0) is 11.7. The van der Waals surface area contributed by atoms with E-state index in [-0.39, 0.29) is 5.91 Å². The number of aryl methyl sites for hydroxylation is 1. The van der Waals surface area contributed by atoms with Crippen LogP contribution >= 0.6 is 0 Å². The van der Waals surface area contributed by atoms with Gasteiger partial charge in [0.2, 0.25) is 5.91 Å². The molecule has 0 aromatic carbocycles. The number of amides is 1. The van der Waals surface area contributed by atoms with Crippen LogP contribution in [0.15, 0.2) is 12.4 Å². The fourth-order valence-corrected chi connectivity index (χ4v) is 1.76. The molecule has 0 spiro atoms. The van der Waals surface area contributed by atoms with Crippen LogP contribution in [0.4, 0.5) is 0 Å². The van der Waals surface area contributed by atoms with Crippen molar-refractivity contribution in [2.45, 2.75) is 18.9 Å². The molecule has 88 valence electrons. The SMILES string of the molecule is CN(CC1CC1)C(=O)C(N)c1cnn(C)c1. The van der Waals surface area contributed by atoms with Crippen molar-refractivity contribution in [2.75, 3.05) is 13.6 Å². The van der Waals surface area contributed by atoms with Gasteiger partial charge in [-0.3, -0.25) is 9.48 Å². The van der Waals surface area contributed by atoms with E-state index in [0.29, 0.717) is 5.92 Å². The Hall–Kier alpha value is -1.36. The van der Waals surface area contributed by atoms with Crippen LogP contribution in [-0.2, 0) is 11.8 Å². The van der Waals surface area contributed by atoms with Gasteiger partial charge in [-0.15, -0.1) is 0 Å². The summed E-state index contributed by atoms with van der Waals surface area (Å²) < 4.78 is 1.66. The maximum absolute atomic E-state index is 12.0. The average Bonchev–Trinajstić information content (AvgIpc) is 2.96. The van der Waals surface area contributed by atoms with E-state index >= 15 is 0 Å². The van der Waals surface area contributed by atoms with Crippen LogP contribution in [0.5, 0.6) is 0 Å². The van der Waals surface area contributed by atoms with Crippen LogP contribution in [0.2, 0.25) is 0 Å². The van der Waals surface area contributed by atoms with Gasteiger partial charge >= 0.3 is 0 Å². The van der Waals surface area contributed by atoms with Crippen LogP contribution in [0.3, 0.4) is 0 Å². The van der Waals surface area contributed by atoms with E-state index in [0.717, 1.165) is 12.1 Å². The molecule has 0 bridgehead atoms. The van der Waals surface area contributed by atoms with Gasteiger partial charge in [0.15, 0.2) is 0 Å². The van der Waals surface area contributed by atoms with E-state index in [4.69, 9.17) is 5.73 Å². The van der Waals surface area contributed by atoms with Gasteiger partial charge in [0.1, 0.15) is 6.04 Å². The molecule has 2 rings (SSSR count). The van der Waals surface area contributed by atoms with Gasteiger partial charge in [0.05, 0.1) is 6.20 Å². The molecule has 1 atom stereocenters. The first-order valence-corrected chi connectivity index (χ1v) is 5.57. The van der Waals surface area contributed by atoms with Crippen molar-refractivity contribution in [2.24, 2.45) is 18.7 Å². The lowest BCUT2D eigenvalue weighted by Gasteiger charge is -2.20. The summed E-state index contributed by atoms with van der Waals surface area (Å²) >= 11 is 0. The minimum Gasteiger partial charge on any atom is -0.344 e. The highest BCUT2D eigenvalue weighted by Gasteiger charge is 2.27. The summed E-state index contributed by atoms with van der Waals surface area (Å²) in [5.41, 5.74) is 6.68. The lowest BCUT2D eigenvalue weighted by Crippen LogP contribution is -2.36. The molecule has 5 heteroatoms. The largest absolute Gasteiger partial charge is 0.344 e. The number of carbonyl (C=O) groups is 1. The first-order chi connectivity index (χ1) is 7.58. The molecule has 0 radical (unpaired) electrons. The minimum absolute atomic E-state index is 0.0279. The van der Waals surface area contributed by atoms with Crippen LogP contribution in [0.1, 0.15) is 24.4 Å². The van der Waals surface area contributed by atoms with Crippen LogP contribution in [0, 0.1) is 5.92 Å². The topological polar surface area (TPSA) is 64.2 Å². The number of nitrogens with zero attached hydrogens (tertiary/aromatic N) is 3. The molecule has 1 aromatic heterocycles. The van der Waals surface area contributed by atoms with Crippen LogP contribution in [-0.4, -0.2) is 34.2 Å². The molecule has 1 saturated carbocycles. The normalized spacial score (nSPS) is 17.2. The monoisotopic (exact) mass is 222 g/mol. The quantitative estimate of drug-likeness (QED) is 0.796. The summed E-state index contributed by atoms with van der Waals surface area (Å²) in [6.45, 7) is 0.826. The average molecular weight is 222 g/mol. The summed E-state index contributed by atoms with van der Waals surface area (Å²) in [4.78, 5) is 13.7. The van der Waals surface area contributed by atoms with Gasteiger partial charge < -0.3 is 10.6 Å². The second-order valence-electron chi connectivity index (χ2n) is 4.59. The molecule has 1 fully saturated rings. The van der Waals surface area contributed by atoms with Crippen molar-refractivity contribution < 1.29 is 4.79 Å². The zero-order valence-electron chi connectivity index (χ0n) is 9.76. The minimum atomic E-state index is -0.586. The number of likely N-dealkylation sites (N-methyl/N-ethyl adjacent to an activating group) is 1. The van der Waals surface area contributed by atoms with E-state index < -0.39 is 6.04 Å². The molecule has 16 heavy (non-hydrogen) atoms. The predicted molar refractivity (Wildman–Crippen MR) is 60.5 cm³/mol. The molecule has 1 aromatic rings. The highest BCUT2D eigenvalue weighted by atomic mass is 16.2. The lowest BCUT2D eigenvalue weighted by atomic mass is 10.1. The Bertz CT molecular complexity index is 383. The third-order valence-electron chi connectivity index (χ3n) is 2.96. The van der Waals surface area contributed by atoms with Gasteiger partial charge in [0, 0.05) is 32.4 Å². The van der Waals surface area contributed by atoms with E-state index in [9.17, 15) is 4.79 Å². The summed E-state index contributed by atoms with van der Waals surface area (Å²) in [6.07, 6.45) is 5.90. The number of hydrogen-bond donors (Lipinski definition) is 1. The second-order valence-corrected chi connectivity index (χ2v) is 4.59. The standard InChI is InChI=1S/C11H18N4O/c1-14(6-8-3-4-8)11(16)10(12)9-5-13-15(2)7-9/h5,7-8,10H,3-4,6,12H2,1-2H3. The molecule has 5 nitrogen and oxygen atoms in total. The third kappa shape index (κ3) is 2.41. The van der Waals surface area contributed by atoms with Gasteiger partial charge in [-0.25, -0.2) is 0 Å². The molecular formula is C11H18N4O. The highest BCUT2D eigenvalue weighted by molar-refractivity contribution is 5.82. The van der Waals surface area contributed by atoms with Crippen LogP contribution in [0.25, 0.3) is 0 Å². The predicted octanol–water partition coefficient (Wildman–Crippen LogP) is 0.288. The van der Waals surface area contributed by atoms with Crippen molar-refractivity contribution in [1.82, 2.24) is 14.7 Å². The number of nitrogens with two attached hydrogens (primary N) is 1. The van der Waals surface area contributed by atoms with Gasteiger partial charge in [-0.1, -0.05) is 0 Å². The summed E-state index contributed by atoms with van der Waals surface area (Å²) in [7, 11) is 3.63. The van der Waals surface area contributed by atoms with E-state index in [2.05, 4.69) is 5.10 Å². The summed E-state index contributed by atoms with van der Waals surface area (Å²) in [5, 5.41) is 4.02. The van der Waals surface area contributed by atoms with Crippen molar-refractivity contribution in [3.63, 3.8) is 0 Å². The first kappa shape index (κ1) is 11.1. The number of rotatable bonds is 4. The first-order valence-electron chi connectivity index (χ1n) is 5.57. The summed E-state index contributed by atoms with van der Waals surface area (Å²) in [6, 6.07) is -0.586. The van der Waals surface area contributed by atoms with E-state index in [1.54, 1.807) is 22.0 Å². The smallest absolute Gasteiger partial charge is 0.243 e. The maximum atomic E-state index is 12.0. The van der Waals surface area contributed by atoms with E-state index in [1.807, 2.05) is 14.1 Å². The van der Waals surface area contributed by atoms with E-state index in [1.165, 1.54) is 12.8 Å². The summed E-state index contributed by atoms with van der Waals surface area (Å²) in [5.74, 6) is 0.662. The Balaban J connectivity index is 1.97. The number of aromatic nitrogens is 2. The van der Waals surface area contributed by atoms with Crippen LogP contribution < -0.4 is 5.73 Å². The lowest BCUT2D eigenvalue weighted by molar-refractivity contribution is -0.131. The van der Waals surface area contributed by atoms with Crippen molar-refractivity contribution in [3.8, 4) is 0 Å². The fourth-order valence-electron chi connectivity index (χ4n) is 1.76. The zero-order valence-corrected chi connectivity index (χ0v) is 9.76. The van der Waals surface area contributed by atoms with Crippen molar-refractivity contribution in [1.29, 1.82) is 0 Å². The second kappa shape index (κ2) is 4.25. The van der Waals surface area contributed by atoms with Crippen molar-refractivity contribution >= 4 is 5.91 Å². The fraction of sp³-hybridized carbons (Fsp3) is 0.636. The molecule has 0 aliphatic heterocycles. The number of carbonyl (C=O) groups excluding carboxylic acids is 1. The third-order valence-corrected chi connectivity index (χ3v) is 2.96. The molecular weight excluding hydrogens is 204 g/mol. The molecule has 1 aliphatic rings. The Morgan fingerprint density at radius 1 is 1.75 bits per heavy atom.